The van der Waals surface area contributed by atoms with Gasteiger partial charge in [-0.15, -0.1) is 0 Å². The Labute approximate surface area is 146 Å². The van der Waals surface area contributed by atoms with Gasteiger partial charge < -0.3 is 19.3 Å². The summed E-state index contributed by atoms with van der Waals surface area (Å²) in [6.45, 7) is 3.94. The lowest BCUT2D eigenvalue weighted by atomic mass is 10.2. The van der Waals surface area contributed by atoms with Crippen LogP contribution in [0.4, 0.5) is 5.69 Å². The summed E-state index contributed by atoms with van der Waals surface area (Å²) in [5.41, 5.74) is 1.52. The van der Waals surface area contributed by atoms with Crippen LogP contribution < -0.4 is 14.2 Å². The van der Waals surface area contributed by atoms with Gasteiger partial charge in [-0.05, 0) is 49.7 Å². The van der Waals surface area contributed by atoms with Gasteiger partial charge in [0.05, 0.1) is 13.7 Å². The minimum Gasteiger partial charge on any atom is -0.493 e. The third kappa shape index (κ3) is 4.97. The van der Waals surface area contributed by atoms with Crippen LogP contribution in [0.15, 0.2) is 47.5 Å². The number of ether oxygens (including phenoxy) is 3. The molecule has 1 atom stereocenters. The monoisotopic (exact) mass is 343 g/mol. The molecule has 6 heteroatoms. The summed E-state index contributed by atoms with van der Waals surface area (Å²) in [4.78, 5) is 15.4. The largest absolute Gasteiger partial charge is 0.493 e. The van der Waals surface area contributed by atoms with Crippen LogP contribution in [0.25, 0.3) is 0 Å². The van der Waals surface area contributed by atoms with E-state index in [2.05, 4.69) is 4.99 Å². The molecule has 0 saturated carbocycles. The first kappa shape index (κ1) is 18.3. The number of aliphatic imine (C=N–C) groups is 1. The summed E-state index contributed by atoms with van der Waals surface area (Å²) in [6.07, 6.45) is 0.719. The fourth-order valence-corrected chi connectivity index (χ4v) is 2.09. The Morgan fingerprint density at radius 2 is 1.96 bits per heavy atom. The minimum atomic E-state index is -1.04. The smallest absolute Gasteiger partial charge is 0.344 e. The average molecular weight is 343 g/mol. The normalized spacial score (nSPS) is 12.0. The topological polar surface area (TPSA) is 77.4 Å². The lowest BCUT2D eigenvalue weighted by Crippen LogP contribution is -2.23. The zero-order valence-corrected chi connectivity index (χ0v) is 14.4. The van der Waals surface area contributed by atoms with E-state index in [9.17, 15) is 4.79 Å². The van der Waals surface area contributed by atoms with Crippen molar-refractivity contribution in [1.82, 2.24) is 0 Å². The number of benzene rings is 2. The predicted octanol–water partition coefficient (Wildman–Crippen LogP) is 3.70. The molecule has 0 saturated heterocycles. The molecule has 132 valence electrons. The highest BCUT2D eigenvalue weighted by molar-refractivity contribution is 5.84. The van der Waals surface area contributed by atoms with Crippen molar-refractivity contribution in [2.24, 2.45) is 4.99 Å². The van der Waals surface area contributed by atoms with Gasteiger partial charge in [0.2, 0.25) is 0 Å². The number of carboxylic acids is 1. The van der Waals surface area contributed by atoms with Crippen LogP contribution in [-0.2, 0) is 4.79 Å². The molecule has 0 fully saturated rings. The molecular formula is C19H21NO5. The maximum absolute atomic E-state index is 10.9. The van der Waals surface area contributed by atoms with Crippen molar-refractivity contribution in [1.29, 1.82) is 0 Å². The summed E-state index contributed by atoms with van der Waals surface area (Å²) in [7, 11) is 1.50. The lowest BCUT2D eigenvalue weighted by molar-refractivity contribution is -0.144. The van der Waals surface area contributed by atoms with Crippen molar-refractivity contribution >= 4 is 17.9 Å². The maximum atomic E-state index is 10.9. The molecular weight excluding hydrogens is 322 g/mol. The van der Waals surface area contributed by atoms with Gasteiger partial charge in [-0.25, -0.2) is 4.79 Å². The summed E-state index contributed by atoms with van der Waals surface area (Å²) in [5, 5.41) is 8.94. The Morgan fingerprint density at radius 3 is 2.64 bits per heavy atom. The highest BCUT2D eigenvalue weighted by Crippen LogP contribution is 2.30. The Balaban J connectivity index is 2.22. The second-order valence-corrected chi connectivity index (χ2v) is 5.17. The number of carboxylic acid groups (broad SMARTS) is 1. The zero-order valence-electron chi connectivity index (χ0n) is 14.4. The molecule has 1 N–H and O–H groups in total. The van der Waals surface area contributed by atoms with Crippen molar-refractivity contribution in [3.05, 3.63) is 48.0 Å². The maximum Gasteiger partial charge on any atom is 0.344 e. The van der Waals surface area contributed by atoms with Crippen molar-refractivity contribution in [3.63, 3.8) is 0 Å². The Hall–Kier alpha value is -3.02. The number of hydrogen-bond acceptors (Lipinski definition) is 5. The van der Waals surface area contributed by atoms with Crippen LogP contribution in [0, 0.1) is 0 Å². The molecule has 0 aliphatic rings. The van der Waals surface area contributed by atoms with Crippen LogP contribution in [0.5, 0.6) is 17.2 Å². The van der Waals surface area contributed by atoms with Crippen LogP contribution in [-0.4, -0.2) is 37.1 Å². The molecule has 0 spiro atoms. The van der Waals surface area contributed by atoms with Crippen molar-refractivity contribution in [2.45, 2.75) is 20.0 Å². The van der Waals surface area contributed by atoms with Gasteiger partial charge in [0, 0.05) is 6.21 Å². The summed E-state index contributed by atoms with van der Waals surface area (Å²) in [6, 6.07) is 12.7. The Kier molecular flexibility index (Phi) is 6.39. The van der Waals surface area contributed by atoms with E-state index in [1.54, 1.807) is 24.4 Å². The van der Waals surface area contributed by atoms with Gasteiger partial charge in [0.15, 0.2) is 17.6 Å². The molecule has 2 aromatic carbocycles. The molecule has 0 unspecified atom stereocenters. The first-order valence-corrected chi connectivity index (χ1v) is 7.88. The van der Waals surface area contributed by atoms with Crippen LogP contribution in [0.2, 0.25) is 0 Å². The summed E-state index contributed by atoms with van der Waals surface area (Å²) < 4.78 is 16.2. The van der Waals surface area contributed by atoms with E-state index in [-0.39, 0.29) is 0 Å². The molecule has 0 amide bonds. The highest BCUT2D eigenvalue weighted by atomic mass is 16.5. The zero-order chi connectivity index (χ0) is 18.2. The quantitative estimate of drug-likeness (QED) is 0.740. The molecule has 2 rings (SSSR count). The number of hydrogen-bond donors (Lipinski definition) is 1. The number of aliphatic carboxylic acids is 1. The van der Waals surface area contributed by atoms with Crippen LogP contribution in [0.1, 0.15) is 19.4 Å². The lowest BCUT2D eigenvalue weighted by Gasteiger charge is -2.14. The fraction of sp³-hybridized carbons (Fsp3) is 0.263. The van der Waals surface area contributed by atoms with Crippen molar-refractivity contribution < 1.29 is 24.1 Å². The van der Waals surface area contributed by atoms with E-state index in [1.165, 1.54) is 14.0 Å². The standard InChI is InChI=1S/C19H21NO5/c1-4-24-16-8-6-5-7-15(16)20-12-14-9-10-17(18(11-14)23-3)25-13(2)19(21)22/h5-13H,4H2,1-3H3,(H,21,22)/t13-/m1/s1. The number of para-hydroxylation sites is 2. The van der Waals surface area contributed by atoms with Crippen molar-refractivity contribution in [3.8, 4) is 17.2 Å². The van der Waals surface area contributed by atoms with Gasteiger partial charge in [-0.1, -0.05) is 12.1 Å². The third-order valence-corrected chi connectivity index (χ3v) is 3.36. The molecule has 0 heterocycles. The van der Waals surface area contributed by atoms with Gasteiger partial charge in [0.1, 0.15) is 11.4 Å². The third-order valence-electron chi connectivity index (χ3n) is 3.36. The summed E-state index contributed by atoms with van der Waals surface area (Å²) >= 11 is 0. The van der Waals surface area contributed by atoms with E-state index in [4.69, 9.17) is 19.3 Å². The van der Waals surface area contributed by atoms with Crippen LogP contribution >= 0.6 is 0 Å². The first-order valence-electron chi connectivity index (χ1n) is 7.88. The summed E-state index contributed by atoms with van der Waals surface area (Å²) in [5.74, 6) is 0.475. The number of methoxy groups -OCH3 is 1. The second kappa shape index (κ2) is 8.73. The van der Waals surface area contributed by atoms with E-state index >= 15 is 0 Å². The van der Waals surface area contributed by atoms with Crippen molar-refractivity contribution in [2.75, 3.05) is 13.7 Å². The van der Waals surface area contributed by atoms with Gasteiger partial charge in [0.25, 0.3) is 0 Å². The Morgan fingerprint density at radius 1 is 1.20 bits per heavy atom. The van der Waals surface area contributed by atoms with Crippen LogP contribution in [0.3, 0.4) is 0 Å². The minimum absolute atomic E-state index is 0.365. The first-order chi connectivity index (χ1) is 12.0. The highest BCUT2D eigenvalue weighted by Gasteiger charge is 2.15. The second-order valence-electron chi connectivity index (χ2n) is 5.17. The fourth-order valence-electron chi connectivity index (χ4n) is 2.09. The van der Waals surface area contributed by atoms with Gasteiger partial charge >= 0.3 is 5.97 Å². The number of nitrogens with zero attached hydrogens (tertiary/aromatic N) is 1. The molecule has 0 bridgehead atoms. The number of rotatable bonds is 8. The molecule has 0 aromatic heterocycles. The van der Waals surface area contributed by atoms with E-state index in [0.29, 0.717) is 23.9 Å². The molecule has 2 aromatic rings. The van der Waals surface area contributed by atoms with Gasteiger partial charge in [-0.3, -0.25) is 4.99 Å². The predicted molar refractivity (Wildman–Crippen MR) is 95.6 cm³/mol. The van der Waals surface area contributed by atoms with E-state index in [0.717, 1.165) is 11.3 Å². The SMILES string of the molecule is CCOc1ccccc1N=Cc1ccc(O[C@H](C)C(=O)O)c(OC)c1. The van der Waals surface area contributed by atoms with E-state index in [1.807, 2.05) is 31.2 Å². The Bertz CT molecular complexity index is 757. The van der Waals surface area contributed by atoms with E-state index < -0.39 is 12.1 Å². The average Bonchev–Trinajstić information content (AvgIpc) is 2.62. The molecule has 0 radical (unpaired) electrons. The molecule has 25 heavy (non-hydrogen) atoms. The molecule has 0 aliphatic heterocycles. The van der Waals surface area contributed by atoms with Gasteiger partial charge in [-0.2, -0.15) is 0 Å². The number of carbonyl (C=O) groups is 1. The molecule has 0 aliphatic carbocycles. The molecule has 6 nitrogen and oxygen atoms in total.